The second kappa shape index (κ2) is 4.56. The molecule has 0 bridgehead atoms. The Morgan fingerprint density at radius 1 is 1.20 bits per heavy atom. The van der Waals surface area contributed by atoms with Crippen molar-refractivity contribution in [2.45, 2.75) is 76.8 Å². The predicted molar refractivity (Wildman–Crippen MR) is 66.5 cm³/mol. The van der Waals surface area contributed by atoms with Crippen molar-refractivity contribution in [3.63, 3.8) is 0 Å². The van der Waals surface area contributed by atoms with Gasteiger partial charge >= 0.3 is 0 Å². The van der Waals surface area contributed by atoms with E-state index in [4.69, 9.17) is 4.43 Å². The molecule has 2 atom stereocenters. The molecule has 0 spiro atoms. The van der Waals surface area contributed by atoms with E-state index in [1.807, 2.05) is 0 Å². The molecular formula is C12H26O2Si. The largest absolute Gasteiger partial charge is 0.414 e. The van der Waals surface area contributed by atoms with Crippen LogP contribution in [0.25, 0.3) is 0 Å². The van der Waals surface area contributed by atoms with Crippen molar-refractivity contribution >= 4 is 8.32 Å². The van der Waals surface area contributed by atoms with Gasteiger partial charge in [0.2, 0.25) is 0 Å². The van der Waals surface area contributed by atoms with Crippen molar-refractivity contribution in [1.29, 1.82) is 0 Å². The third-order valence-corrected chi connectivity index (χ3v) is 8.40. The Labute approximate surface area is 95.2 Å². The highest BCUT2D eigenvalue weighted by molar-refractivity contribution is 6.74. The average Bonchev–Trinajstić information content (AvgIpc) is 2.00. The minimum absolute atomic E-state index is 0.131. The van der Waals surface area contributed by atoms with E-state index in [-0.39, 0.29) is 11.1 Å². The fourth-order valence-corrected chi connectivity index (χ4v) is 3.22. The van der Waals surface area contributed by atoms with Gasteiger partial charge in [-0.3, -0.25) is 0 Å². The van der Waals surface area contributed by atoms with E-state index in [0.717, 1.165) is 25.7 Å². The zero-order valence-electron chi connectivity index (χ0n) is 10.8. The number of aliphatic hydroxyl groups is 1. The van der Waals surface area contributed by atoms with E-state index in [1.165, 1.54) is 0 Å². The summed E-state index contributed by atoms with van der Waals surface area (Å²) in [5.41, 5.74) is 0. The lowest BCUT2D eigenvalue weighted by atomic mass is 9.95. The van der Waals surface area contributed by atoms with Gasteiger partial charge in [0.25, 0.3) is 0 Å². The Morgan fingerprint density at radius 2 is 1.80 bits per heavy atom. The number of hydrogen-bond donors (Lipinski definition) is 1. The summed E-state index contributed by atoms with van der Waals surface area (Å²) in [6, 6.07) is 0. The highest BCUT2D eigenvalue weighted by atomic mass is 28.4. The Morgan fingerprint density at radius 3 is 2.27 bits per heavy atom. The van der Waals surface area contributed by atoms with Crippen LogP contribution in [0.15, 0.2) is 0 Å². The van der Waals surface area contributed by atoms with Crippen LogP contribution in [0.5, 0.6) is 0 Å². The highest BCUT2D eigenvalue weighted by Crippen LogP contribution is 2.39. The first kappa shape index (κ1) is 13.2. The molecule has 0 aromatic rings. The van der Waals surface area contributed by atoms with Crippen LogP contribution in [0.3, 0.4) is 0 Å². The lowest BCUT2D eigenvalue weighted by Gasteiger charge is -2.41. The quantitative estimate of drug-likeness (QED) is 0.738. The van der Waals surface area contributed by atoms with Gasteiger partial charge in [-0.2, -0.15) is 0 Å². The SMILES string of the molecule is CC(C)(C)[Si](C)(C)OC1CCCC(O)C1. The maximum Gasteiger partial charge on any atom is 0.192 e. The first-order chi connectivity index (χ1) is 6.72. The molecule has 3 heteroatoms. The van der Waals surface area contributed by atoms with Crippen molar-refractivity contribution in [1.82, 2.24) is 0 Å². The van der Waals surface area contributed by atoms with Gasteiger partial charge in [-0.05, 0) is 43.8 Å². The third-order valence-electron chi connectivity index (χ3n) is 3.87. The molecule has 2 nitrogen and oxygen atoms in total. The van der Waals surface area contributed by atoms with Crippen LogP contribution in [-0.2, 0) is 4.43 Å². The maximum absolute atomic E-state index is 9.61. The highest BCUT2D eigenvalue weighted by Gasteiger charge is 2.39. The molecule has 0 aromatic heterocycles. The molecule has 0 aliphatic heterocycles. The first-order valence-electron chi connectivity index (χ1n) is 6.08. The fraction of sp³-hybridized carbons (Fsp3) is 1.00. The minimum atomic E-state index is -1.63. The Bertz CT molecular complexity index is 208. The molecule has 2 unspecified atom stereocenters. The molecule has 1 saturated carbocycles. The smallest absolute Gasteiger partial charge is 0.192 e. The summed E-state index contributed by atoms with van der Waals surface area (Å²) in [6.07, 6.45) is 4.21. The van der Waals surface area contributed by atoms with Crippen molar-refractivity contribution in [2.24, 2.45) is 0 Å². The van der Waals surface area contributed by atoms with Crippen molar-refractivity contribution in [3.8, 4) is 0 Å². The lowest BCUT2D eigenvalue weighted by Crippen LogP contribution is -2.45. The van der Waals surface area contributed by atoms with Crippen molar-refractivity contribution in [3.05, 3.63) is 0 Å². The van der Waals surface area contributed by atoms with Gasteiger partial charge in [0.15, 0.2) is 8.32 Å². The molecule has 0 radical (unpaired) electrons. The van der Waals surface area contributed by atoms with E-state index in [2.05, 4.69) is 33.9 Å². The molecule has 1 N–H and O–H groups in total. The molecule has 1 aliphatic rings. The molecule has 0 amide bonds. The van der Waals surface area contributed by atoms with Crippen LogP contribution in [-0.4, -0.2) is 25.6 Å². The van der Waals surface area contributed by atoms with Gasteiger partial charge in [0, 0.05) is 6.10 Å². The second-order valence-electron chi connectivity index (χ2n) is 6.32. The van der Waals surface area contributed by atoms with E-state index in [0.29, 0.717) is 6.10 Å². The van der Waals surface area contributed by atoms with E-state index < -0.39 is 8.32 Å². The summed E-state index contributed by atoms with van der Waals surface area (Å²) in [5, 5.41) is 9.89. The maximum atomic E-state index is 9.61. The molecule has 0 aromatic carbocycles. The van der Waals surface area contributed by atoms with Crippen LogP contribution < -0.4 is 0 Å². The molecule has 1 fully saturated rings. The topological polar surface area (TPSA) is 29.5 Å². The Kier molecular flexibility index (Phi) is 4.01. The zero-order chi connectivity index (χ0) is 11.7. The minimum Gasteiger partial charge on any atom is -0.414 e. The van der Waals surface area contributed by atoms with Gasteiger partial charge in [0.1, 0.15) is 0 Å². The Hall–Kier alpha value is 0.137. The molecule has 1 aliphatic carbocycles. The van der Waals surface area contributed by atoms with Crippen LogP contribution in [0, 0.1) is 0 Å². The Balaban J connectivity index is 2.53. The summed E-state index contributed by atoms with van der Waals surface area (Å²) in [6.45, 7) is 11.4. The van der Waals surface area contributed by atoms with E-state index >= 15 is 0 Å². The summed E-state index contributed by atoms with van der Waals surface area (Å²) < 4.78 is 6.29. The van der Waals surface area contributed by atoms with Gasteiger partial charge in [0.05, 0.1) is 6.10 Å². The van der Waals surface area contributed by atoms with E-state index in [9.17, 15) is 5.11 Å². The summed E-state index contributed by atoms with van der Waals surface area (Å²) in [4.78, 5) is 0. The number of hydrogen-bond acceptors (Lipinski definition) is 2. The molecule has 0 saturated heterocycles. The van der Waals surface area contributed by atoms with E-state index in [1.54, 1.807) is 0 Å². The normalized spacial score (nSPS) is 29.2. The lowest BCUT2D eigenvalue weighted by molar-refractivity contribution is 0.0465. The molecular weight excluding hydrogens is 204 g/mol. The van der Waals surface area contributed by atoms with Crippen molar-refractivity contribution in [2.75, 3.05) is 0 Å². The monoisotopic (exact) mass is 230 g/mol. The summed E-state index contributed by atoms with van der Waals surface area (Å²) >= 11 is 0. The van der Waals surface area contributed by atoms with Crippen LogP contribution in [0.1, 0.15) is 46.5 Å². The number of aliphatic hydroxyl groups excluding tert-OH is 1. The summed E-state index contributed by atoms with van der Waals surface area (Å²) in [7, 11) is -1.63. The fourth-order valence-electron chi connectivity index (χ4n) is 1.82. The third kappa shape index (κ3) is 3.57. The zero-order valence-corrected chi connectivity index (χ0v) is 11.8. The van der Waals surface area contributed by atoms with Gasteiger partial charge in [-0.25, -0.2) is 0 Å². The van der Waals surface area contributed by atoms with Gasteiger partial charge in [-0.1, -0.05) is 20.8 Å². The van der Waals surface area contributed by atoms with Crippen molar-refractivity contribution < 1.29 is 9.53 Å². The van der Waals surface area contributed by atoms with Crippen LogP contribution in [0.4, 0.5) is 0 Å². The standard InChI is InChI=1S/C12H26O2Si/c1-12(2,3)15(4,5)14-11-8-6-7-10(13)9-11/h10-11,13H,6-9H2,1-5H3. The molecule has 0 heterocycles. The van der Waals surface area contributed by atoms with Crippen LogP contribution in [0.2, 0.25) is 18.1 Å². The number of rotatable bonds is 2. The first-order valence-corrected chi connectivity index (χ1v) is 8.99. The molecule has 15 heavy (non-hydrogen) atoms. The van der Waals surface area contributed by atoms with Crippen LogP contribution >= 0.6 is 0 Å². The molecule has 1 rings (SSSR count). The summed E-state index contributed by atoms with van der Waals surface area (Å²) in [5.74, 6) is 0. The molecule has 90 valence electrons. The predicted octanol–water partition coefficient (Wildman–Crippen LogP) is 3.31. The average molecular weight is 230 g/mol. The van der Waals surface area contributed by atoms with Gasteiger partial charge < -0.3 is 9.53 Å². The van der Waals surface area contributed by atoms with Gasteiger partial charge in [-0.15, -0.1) is 0 Å². The second-order valence-corrected chi connectivity index (χ2v) is 11.1.